The second-order valence-corrected chi connectivity index (χ2v) is 4.91. The number of anilines is 2. The van der Waals surface area contributed by atoms with E-state index in [1.807, 2.05) is 0 Å². The van der Waals surface area contributed by atoms with Crippen LogP contribution in [0.2, 0.25) is 0 Å². The molecule has 3 nitrogen and oxygen atoms in total. The zero-order valence-electron chi connectivity index (χ0n) is 10.5. The Morgan fingerprint density at radius 3 is 2.88 bits per heavy atom. The minimum atomic E-state index is -0.221. The van der Waals surface area contributed by atoms with Gasteiger partial charge in [-0.15, -0.1) is 0 Å². The largest absolute Gasteiger partial charge is 0.397 e. The summed E-state index contributed by atoms with van der Waals surface area (Å²) in [5, 5.41) is 0. The summed E-state index contributed by atoms with van der Waals surface area (Å²) >= 11 is 0. The second kappa shape index (κ2) is 4.92. The summed E-state index contributed by atoms with van der Waals surface area (Å²) in [7, 11) is 4.17. The molecule has 4 heteroatoms. The molecule has 0 saturated carbocycles. The second-order valence-electron chi connectivity index (χ2n) is 4.91. The van der Waals surface area contributed by atoms with E-state index in [4.69, 9.17) is 5.73 Å². The summed E-state index contributed by atoms with van der Waals surface area (Å²) in [5.41, 5.74) is 7.41. The van der Waals surface area contributed by atoms with Crippen molar-refractivity contribution < 1.29 is 4.39 Å². The van der Waals surface area contributed by atoms with Crippen molar-refractivity contribution in [3.8, 4) is 0 Å². The molecule has 1 unspecified atom stereocenters. The van der Waals surface area contributed by atoms with Crippen LogP contribution in [-0.2, 0) is 0 Å². The number of nitrogens with two attached hydrogens (primary N) is 1. The van der Waals surface area contributed by atoms with E-state index in [-0.39, 0.29) is 5.82 Å². The predicted octanol–water partition coefficient (Wildman–Crippen LogP) is 1.94. The number of piperidine rings is 1. The van der Waals surface area contributed by atoms with Crippen molar-refractivity contribution in [1.29, 1.82) is 0 Å². The molecule has 2 rings (SSSR count). The van der Waals surface area contributed by atoms with E-state index in [1.165, 1.54) is 18.6 Å². The standard InChI is InChI=1S/C13H20FN3/c1-16(2)11-4-3-7-17(9-11)13-8-10(14)5-6-12(13)15/h5-6,8,11H,3-4,7,9,15H2,1-2H3. The van der Waals surface area contributed by atoms with Crippen molar-refractivity contribution in [3.63, 3.8) is 0 Å². The van der Waals surface area contributed by atoms with Crippen LogP contribution in [0.4, 0.5) is 15.8 Å². The number of likely N-dealkylation sites (N-methyl/N-ethyl adjacent to an activating group) is 1. The summed E-state index contributed by atoms with van der Waals surface area (Å²) in [6.45, 7) is 1.87. The summed E-state index contributed by atoms with van der Waals surface area (Å²) in [6.07, 6.45) is 2.32. The number of nitrogens with zero attached hydrogens (tertiary/aromatic N) is 2. The lowest BCUT2D eigenvalue weighted by atomic mass is 10.0. The van der Waals surface area contributed by atoms with Crippen molar-refractivity contribution in [2.45, 2.75) is 18.9 Å². The highest BCUT2D eigenvalue weighted by Gasteiger charge is 2.22. The first-order valence-electron chi connectivity index (χ1n) is 6.04. The monoisotopic (exact) mass is 237 g/mol. The van der Waals surface area contributed by atoms with Crippen LogP contribution in [0.1, 0.15) is 12.8 Å². The van der Waals surface area contributed by atoms with Crippen molar-refractivity contribution >= 4 is 11.4 Å². The SMILES string of the molecule is CN(C)C1CCCN(c2cc(F)ccc2N)C1. The first-order valence-corrected chi connectivity index (χ1v) is 6.04. The van der Waals surface area contributed by atoms with Gasteiger partial charge in [-0.3, -0.25) is 0 Å². The fraction of sp³-hybridized carbons (Fsp3) is 0.538. The Kier molecular flexibility index (Phi) is 3.52. The highest BCUT2D eigenvalue weighted by molar-refractivity contribution is 5.67. The maximum absolute atomic E-state index is 13.3. The number of hydrogen-bond donors (Lipinski definition) is 1. The van der Waals surface area contributed by atoms with Crippen LogP contribution in [0.3, 0.4) is 0 Å². The maximum atomic E-state index is 13.3. The van der Waals surface area contributed by atoms with Crippen LogP contribution in [0.25, 0.3) is 0 Å². The van der Waals surface area contributed by atoms with Gasteiger partial charge in [-0.1, -0.05) is 0 Å². The van der Waals surface area contributed by atoms with E-state index in [2.05, 4.69) is 23.9 Å². The van der Waals surface area contributed by atoms with E-state index < -0.39 is 0 Å². The van der Waals surface area contributed by atoms with Crippen LogP contribution in [0.15, 0.2) is 18.2 Å². The lowest BCUT2D eigenvalue weighted by Crippen LogP contribution is -2.45. The summed E-state index contributed by atoms with van der Waals surface area (Å²) in [6, 6.07) is 5.11. The third-order valence-electron chi connectivity index (χ3n) is 3.46. The molecule has 1 aliphatic heterocycles. The van der Waals surface area contributed by atoms with Crippen molar-refractivity contribution in [1.82, 2.24) is 4.90 Å². The molecule has 1 atom stereocenters. The number of rotatable bonds is 2. The smallest absolute Gasteiger partial charge is 0.125 e. The average Bonchev–Trinajstić information content (AvgIpc) is 2.32. The molecule has 0 bridgehead atoms. The van der Waals surface area contributed by atoms with Crippen LogP contribution < -0.4 is 10.6 Å². The summed E-state index contributed by atoms with van der Waals surface area (Å²) in [4.78, 5) is 4.41. The Morgan fingerprint density at radius 1 is 1.41 bits per heavy atom. The molecule has 1 heterocycles. The van der Waals surface area contributed by atoms with Crippen LogP contribution >= 0.6 is 0 Å². The maximum Gasteiger partial charge on any atom is 0.125 e. The topological polar surface area (TPSA) is 32.5 Å². The zero-order valence-corrected chi connectivity index (χ0v) is 10.5. The normalized spacial score (nSPS) is 20.9. The minimum Gasteiger partial charge on any atom is -0.397 e. The molecule has 0 amide bonds. The molecule has 1 fully saturated rings. The molecule has 2 N–H and O–H groups in total. The van der Waals surface area contributed by atoms with Gasteiger partial charge in [0.15, 0.2) is 0 Å². The van der Waals surface area contributed by atoms with Gasteiger partial charge in [0.05, 0.1) is 11.4 Å². The molecule has 1 aliphatic rings. The molecule has 0 aromatic heterocycles. The molecule has 1 aromatic rings. The Balaban J connectivity index is 2.18. The number of halogens is 1. The Morgan fingerprint density at radius 2 is 2.18 bits per heavy atom. The highest BCUT2D eigenvalue weighted by atomic mass is 19.1. The minimum absolute atomic E-state index is 0.221. The Hall–Kier alpha value is -1.29. The van der Waals surface area contributed by atoms with E-state index in [0.717, 1.165) is 25.2 Å². The lowest BCUT2D eigenvalue weighted by molar-refractivity contribution is 0.258. The molecular formula is C13H20FN3. The lowest BCUT2D eigenvalue weighted by Gasteiger charge is -2.38. The molecule has 1 saturated heterocycles. The first-order chi connectivity index (χ1) is 8.08. The quantitative estimate of drug-likeness (QED) is 0.798. The molecule has 0 spiro atoms. The third kappa shape index (κ3) is 2.69. The molecule has 1 aromatic carbocycles. The Bertz CT molecular complexity index is 392. The van der Waals surface area contributed by atoms with Crippen molar-refractivity contribution in [3.05, 3.63) is 24.0 Å². The van der Waals surface area contributed by atoms with Gasteiger partial charge in [-0.05, 0) is 45.1 Å². The van der Waals surface area contributed by atoms with Crippen molar-refractivity contribution in [2.24, 2.45) is 0 Å². The van der Waals surface area contributed by atoms with Gasteiger partial charge in [0.25, 0.3) is 0 Å². The Labute approximate surface area is 102 Å². The molecule has 94 valence electrons. The van der Waals surface area contributed by atoms with Gasteiger partial charge in [0.1, 0.15) is 5.82 Å². The first kappa shape index (κ1) is 12.2. The van der Waals surface area contributed by atoms with E-state index in [9.17, 15) is 4.39 Å². The average molecular weight is 237 g/mol. The highest BCUT2D eigenvalue weighted by Crippen LogP contribution is 2.27. The van der Waals surface area contributed by atoms with Gasteiger partial charge in [0.2, 0.25) is 0 Å². The molecule has 17 heavy (non-hydrogen) atoms. The van der Waals surface area contributed by atoms with Gasteiger partial charge >= 0.3 is 0 Å². The molecule has 0 aliphatic carbocycles. The molecule has 0 radical (unpaired) electrons. The summed E-state index contributed by atoms with van der Waals surface area (Å²) < 4.78 is 13.3. The van der Waals surface area contributed by atoms with Gasteiger partial charge in [-0.25, -0.2) is 4.39 Å². The molecular weight excluding hydrogens is 217 g/mol. The van der Waals surface area contributed by atoms with Crippen molar-refractivity contribution in [2.75, 3.05) is 37.8 Å². The fourth-order valence-electron chi connectivity index (χ4n) is 2.39. The number of hydrogen-bond acceptors (Lipinski definition) is 3. The fourth-order valence-corrected chi connectivity index (χ4v) is 2.39. The summed E-state index contributed by atoms with van der Waals surface area (Å²) in [5.74, 6) is -0.221. The zero-order chi connectivity index (χ0) is 12.4. The third-order valence-corrected chi connectivity index (χ3v) is 3.46. The van der Waals surface area contributed by atoms with E-state index >= 15 is 0 Å². The van der Waals surface area contributed by atoms with Crippen LogP contribution in [0.5, 0.6) is 0 Å². The van der Waals surface area contributed by atoms with Crippen LogP contribution in [0, 0.1) is 5.82 Å². The van der Waals surface area contributed by atoms with Gasteiger partial charge in [-0.2, -0.15) is 0 Å². The van der Waals surface area contributed by atoms with E-state index in [1.54, 1.807) is 6.07 Å². The number of benzene rings is 1. The van der Waals surface area contributed by atoms with Crippen LogP contribution in [-0.4, -0.2) is 38.1 Å². The predicted molar refractivity (Wildman–Crippen MR) is 69.7 cm³/mol. The van der Waals surface area contributed by atoms with Gasteiger partial charge < -0.3 is 15.5 Å². The van der Waals surface area contributed by atoms with E-state index in [0.29, 0.717) is 11.7 Å². The number of nitrogen functional groups attached to an aromatic ring is 1. The van der Waals surface area contributed by atoms with Gasteiger partial charge in [0, 0.05) is 19.1 Å².